The molecule has 1 aliphatic rings. The van der Waals surface area contributed by atoms with E-state index in [1.807, 2.05) is 19.1 Å². The van der Waals surface area contributed by atoms with Gasteiger partial charge in [-0.25, -0.2) is 4.79 Å². The van der Waals surface area contributed by atoms with Crippen LogP contribution in [0, 0.1) is 0 Å². The fourth-order valence-corrected chi connectivity index (χ4v) is 1.82. The third kappa shape index (κ3) is 2.25. The Morgan fingerprint density at radius 3 is 2.44 bits per heavy atom. The second-order valence-corrected chi connectivity index (χ2v) is 3.97. The van der Waals surface area contributed by atoms with E-state index >= 15 is 0 Å². The highest BCUT2D eigenvalue weighted by molar-refractivity contribution is 6.02. The minimum Gasteiger partial charge on any atom is -0.325 e. The van der Waals surface area contributed by atoms with Crippen LogP contribution in [0.5, 0.6) is 0 Å². The summed E-state index contributed by atoms with van der Waals surface area (Å²) in [6, 6.07) is 6.96. The first kappa shape index (κ1) is 12.3. The number of carbonyl (C=O) groups is 3. The zero-order valence-electron chi connectivity index (χ0n) is 10.0. The smallest absolute Gasteiger partial charge is 0.325 e. The Morgan fingerprint density at radius 1 is 1.22 bits per heavy atom. The first-order valence-corrected chi connectivity index (χ1v) is 5.79. The van der Waals surface area contributed by atoms with Crippen LogP contribution >= 0.6 is 0 Å². The normalized spacial score (nSPS) is 15.1. The number of hydroxylamine groups is 2. The van der Waals surface area contributed by atoms with Gasteiger partial charge in [-0.05, 0) is 18.1 Å². The fraction of sp³-hybridized carbons (Fsp3) is 0.308. The summed E-state index contributed by atoms with van der Waals surface area (Å²) in [5, 5.41) is 0.564. The fourth-order valence-electron chi connectivity index (χ4n) is 1.82. The Balaban J connectivity index is 2.17. The summed E-state index contributed by atoms with van der Waals surface area (Å²) in [4.78, 5) is 39.4. The number of hydrogen-bond donors (Lipinski definition) is 0. The molecule has 5 heteroatoms. The largest absolute Gasteiger partial charge is 0.364 e. The van der Waals surface area contributed by atoms with Gasteiger partial charge in [-0.3, -0.25) is 9.59 Å². The van der Waals surface area contributed by atoms with Crippen molar-refractivity contribution in [2.24, 2.45) is 0 Å². The van der Waals surface area contributed by atoms with E-state index in [0.29, 0.717) is 17.0 Å². The van der Waals surface area contributed by atoms with Gasteiger partial charge in [0.05, 0.1) is 5.56 Å². The number of aryl methyl sites for hydroxylation is 1. The molecule has 0 radical (unpaired) electrons. The Morgan fingerprint density at radius 2 is 1.83 bits per heavy atom. The molecule has 0 aliphatic carbocycles. The van der Waals surface area contributed by atoms with Crippen LogP contribution < -0.4 is 0 Å². The standard InChI is InChI=1S/C13H13NO4/c1-2-9-5-3-4-6-10(9)13(17)18-14-11(15)7-8-12(14)16/h3-6H,2,7-8H2,1H3. The molecule has 5 nitrogen and oxygen atoms in total. The molecule has 2 amide bonds. The molecule has 94 valence electrons. The topological polar surface area (TPSA) is 63.7 Å². The Kier molecular flexibility index (Phi) is 3.41. The monoisotopic (exact) mass is 247 g/mol. The lowest BCUT2D eigenvalue weighted by atomic mass is 10.1. The summed E-state index contributed by atoms with van der Waals surface area (Å²) in [6.45, 7) is 1.91. The molecule has 0 N–H and O–H groups in total. The van der Waals surface area contributed by atoms with Crippen molar-refractivity contribution in [3.63, 3.8) is 0 Å². The van der Waals surface area contributed by atoms with E-state index in [0.717, 1.165) is 5.56 Å². The lowest BCUT2D eigenvalue weighted by Crippen LogP contribution is -2.32. The van der Waals surface area contributed by atoms with Gasteiger partial charge in [-0.15, -0.1) is 5.06 Å². The molecule has 1 aliphatic heterocycles. The van der Waals surface area contributed by atoms with Crippen molar-refractivity contribution in [2.45, 2.75) is 26.2 Å². The van der Waals surface area contributed by atoms with E-state index in [9.17, 15) is 14.4 Å². The predicted octanol–water partition coefficient (Wildman–Crippen LogP) is 1.47. The van der Waals surface area contributed by atoms with Crippen molar-refractivity contribution >= 4 is 17.8 Å². The van der Waals surface area contributed by atoms with Gasteiger partial charge in [-0.1, -0.05) is 25.1 Å². The quantitative estimate of drug-likeness (QED) is 0.759. The van der Waals surface area contributed by atoms with Crippen molar-refractivity contribution in [1.82, 2.24) is 5.06 Å². The number of amides is 2. The van der Waals surface area contributed by atoms with Gasteiger partial charge in [0.1, 0.15) is 0 Å². The van der Waals surface area contributed by atoms with E-state index in [-0.39, 0.29) is 12.8 Å². The number of nitrogens with zero attached hydrogens (tertiary/aromatic N) is 1. The second-order valence-electron chi connectivity index (χ2n) is 3.97. The van der Waals surface area contributed by atoms with Crippen LogP contribution in [-0.2, 0) is 20.8 Å². The number of carbonyl (C=O) groups excluding carboxylic acids is 3. The maximum Gasteiger partial charge on any atom is 0.364 e. The summed E-state index contributed by atoms with van der Waals surface area (Å²) in [6.07, 6.45) is 0.871. The molecule has 0 spiro atoms. The van der Waals surface area contributed by atoms with E-state index in [4.69, 9.17) is 4.84 Å². The maximum atomic E-state index is 11.9. The highest BCUT2D eigenvalue weighted by Gasteiger charge is 2.33. The number of hydrogen-bond acceptors (Lipinski definition) is 4. The molecule has 0 aromatic heterocycles. The summed E-state index contributed by atoms with van der Waals surface area (Å²) in [5.74, 6) is -1.61. The van der Waals surface area contributed by atoms with Gasteiger partial charge in [0.15, 0.2) is 0 Å². The molecule has 1 heterocycles. The van der Waals surface area contributed by atoms with E-state index in [2.05, 4.69) is 0 Å². The Hall–Kier alpha value is -2.17. The molecule has 0 bridgehead atoms. The van der Waals surface area contributed by atoms with Crippen LogP contribution in [0.15, 0.2) is 24.3 Å². The first-order chi connectivity index (χ1) is 8.63. The van der Waals surface area contributed by atoms with Gasteiger partial charge in [0.2, 0.25) is 0 Å². The zero-order valence-corrected chi connectivity index (χ0v) is 10.0. The first-order valence-electron chi connectivity index (χ1n) is 5.79. The summed E-state index contributed by atoms with van der Waals surface area (Å²) < 4.78 is 0. The van der Waals surface area contributed by atoms with Crippen LogP contribution in [0.1, 0.15) is 35.7 Å². The van der Waals surface area contributed by atoms with Crippen LogP contribution in [0.25, 0.3) is 0 Å². The summed E-state index contributed by atoms with van der Waals surface area (Å²) >= 11 is 0. The molecule has 1 aromatic carbocycles. The minimum atomic E-state index is -0.670. The van der Waals surface area contributed by atoms with Crippen molar-refractivity contribution in [2.75, 3.05) is 0 Å². The average molecular weight is 247 g/mol. The molecule has 0 unspecified atom stereocenters. The molecule has 18 heavy (non-hydrogen) atoms. The molecular weight excluding hydrogens is 234 g/mol. The minimum absolute atomic E-state index is 0.0987. The Bertz CT molecular complexity index is 493. The summed E-state index contributed by atoms with van der Waals surface area (Å²) in [7, 11) is 0. The number of rotatable bonds is 3. The highest BCUT2D eigenvalue weighted by Crippen LogP contribution is 2.16. The Labute approximate surface area is 104 Å². The molecule has 0 saturated carbocycles. The van der Waals surface area contributed by atoms with Crippen molar-refractivity contribution in [1.29, 1.82) is 0 Å². The summed E-state index contributed by atoms with van der Waals surface area (Å²) in [5.41, 5.74) is 1.20. The zero-order chi connectivity index (χ0) is 13.1. The molecule has 2 rings (SSSR count). The van der Waals surface area contributed by atoms with Crippen molar-refractivity contribution < 1.29 is 19.2 Å². The van der Waals surface area contributed by atoms with Crippen molar-refractivity contribution in [3.05, 3.63) is 35.4 Å². The molecule has 0 atom stereocenters. The maximum absolute atomic E-state index is 11.9. The van der Waals surface area contributed by atoms with E-state index < -0.39 is 17.8 Å². The van der Waals surface area contributed by atoms with Crippen molar-refractivity contribution in [3.8, 4) is 0 Å². The van der Waals surface area contributed by atoms with Crippen LogP contribution in [0.3, 0.4) is 0 Å². The van der Waals surface area contributed by atoms with Gasteiger partial charge >= 0.3 is 5.97 Å². The van der Waals surface area contributed by atoms with Gasteiger partial charge in [0, 0.05) is 12.8 Å². The molecule has 1 aromatic rings. The molecule has 1 saturated heterocycles. The predicted molar refractivity (Wildman–Crippen MR) is 62.3 cm³/mol. The van der Waals surface area contributed by atoms with Crippen LogP contribution in [0.4, 0.5) is 0 Å². The van der Waals surface area contributed by atoms with Gasteiger partial charge in [-0.2, -0.15) is 0 Å². The van der Waals surface area contributed by atoms with E-state index in [1.54, 1.807) is 12.1 Å². The number of benzene rings is 1. The second kappa shape index (κ2) is 5.00. The third-order valence-corrected chi connectivity index (χ3v) is 2.80. The number of imide groups is 1. The van der Waals surface area contributed by atoms with E-state index in [1.165, 1.54) is 0 Å². The van der Waals surface area contributed by atoms with Crippen LogP contribution in [-0.4, -0.2) is 22.8 Å². The SMILES string of the molecule is CCc1ccccc1C(=O)ON1C(=O)CCC1=O. The lowest BCUT2D eigenvalue weighted by molar-refractivity contribution is -0.172. The third-order valence-electron chi connectivity index (χ3n) is 2.80. The molecular formula is C13H13NO4. The average Bonchev–Trinajstić information content (AvgIpc) is 2.70. The van der Waals surface area contributed by atoms with Gasteiger partial charge < -0.3 is 4.84 Å². The molecule has 1 fully saturated rings. The van der Waals surface area contributed by atoms with Crippen LogP contribution in [0.2, 0.25) is 0 Å². The lowest BCUT2D eigenvalue weighted by Gasteiger charge is -2.13. The van der Waals surface area contributed by atoms with Gasteiger partial charge in [0.25, 0.3) is 11.8 Å². The highest BCUT2D eigenvalue weighted by atomic mass is 16.7.